The molecule has 0 amide bonds. The maximum atomic E-state index is 9.21. The summed E-state index contributed by atoms with van der Waals surface area (Å²) >= 11 is 0. The van der Waals surface area contributed by atoms with Gasteiger partial charge in [-0.15, -0.1) is 0 Å². The van der Waals surface area contributed by atoms with Crippen molar-refractivity contribution in [1.29, 1.82) is 0 Å². The van der Waals surface area contributed by atoms with Gasteiger partial charge in [0.1, 0.15) is 24.3 Å². The van der Waals surface area contributed by atoms with Crippen LogP contribution in [0.25, 0.3) is 0 Å². The van der Waals surface area contributed by atoms with Crippen LogP contribution < -0.4 is 10.5 Å². The molecule has 0 saturated carbocycles. The minimum Gasteiger partial charge on any atom is -0.487 e. The average Bonchev–Trinajstić information content (AvgIpc) is 2.70. The second kappa shape index (κ2) is 4.99. The van der Waals surface area contributed by atoms with Gasteiger partial charge in [-0.3, -0.25) is 4.68 Å². The molecule has 0 radical (unpaired) electrons. The van der Waals surface area contributed by atoms with Crippen LogP contribution in [-0.2, 0) is 13.7 Å². The molecule has 0 bridgehead atoms. The van der Waals surface area contributed by atoms with Crippen LogP contribution in [-0.4, -0.2) is 14.9 Å². The summed E-state index contributed by atoms with van der Waals surface area (Å²) in [7, 11) is 1.79. The topological polar surface area (TPSA) is 73.3 Å². The summed E-state index contributed by atoms with van der Waals surface area (Å²) < 4.78 is 7.23. The third kappa shape index (κ3) is 2.83. The van der Waals surface area contributed by atoms with Gasteiger partial charge >= 0.3 is 0 Å². The number of aryl methyl sites for hydroxylation is 1. The highest BCUT2D eigenvalue weighted by atomic mass is 16.5. The number of aliphatic hydroxyl groups is 1. The van der Waals surface area contributed by atoms with Gasteiger partial charge < -0.3 is 15.6 Å². The number of nitrogens with zero attached hydrogens (tertiary/aromatic N) is 2. The van der Waals surface area contributed by atoms with Crippen LogP contribution >= 0.6 is 0 Å². The largest absolute Gasteiger partial charge is 0.487 e. The molecule has 1 atom stereocenters. The van der Waals surface area contributed by atoms with Crippen molar-refractivity contribution < 1.29 is 9.84 Å². The molecule has 1 heterocycles. The number of para-hydroxylation sites is 1. The van der Waals surface area contributed by atoms with E-state index in [2.05, 4.69) is 5.10 Å². The van der Waals surface area contributed by atoms with Gasteiger partial charge in [0.05, 0.1) is 5.69 Å². The highest BCUT2D eigenvalue weighted by Crippen LogP contribution is 2.13. The van der Waals surface area contributed by atoms with E-state index in [0.717, 1.165) is 11.4 Å². The van der Waals surface area contributed by atoms with Gasteiger partial charge in [-0.2, -0.15) is 5.10 Å². The van der Waals surface area contributed by atoms with E-state index in [9.17, 15) is 5.11 Å². The standard InChI is InChI=1S/C12H15N3O2/c1-15-9(7-11(14-15)12(13)16)8-17-10-5-3-2-4-6-10/h2-7,12,16H,8,13H2,1H3. The van der Waals surface area contributed by atoms with E-state index in [4.69, 9.17) is 10.5 Å². The molecule has 0 aliphatic rings. The Balaban J connectivity index is 2.04. The zero-order valence-electron chi connectivity index (χ0n) is 9.58. The summed E-state index contributed by atoms with van der Waals surface area (Å²) in [6.45, 7) is 0.389. The van der Waals surface area contributed by atoms with E-state index in [0.29, 0.717) is 12.3 Å². The fourth-order valence-electron chi connectivity index (χ4n) is 1.48. The average molecular weight is 233 g/mol. The van der Waals surface area contributed by atoms with Gasteiger partial charge in [-0.05, 0) is 18.2 Å². The quantitative estimate of drug-likeness (QED) is 0.771. The Bertz CT molecular complexity index is 480. The molecule has 5 heteroatoms. The smallest absolute Gasteiger partial charge is 0.147 e. The lowest BCUT2D eigenvalue weighted by atomic mass is 10.3. The Morgan fingerprint density at radius 1 is 1.41 bits per heavy atom. The van der Waals surface area contributed by atoms with Gasteiger partial charge in [0.2, 0.25) is 0 Å². The molecule has 2 rings (SSSR count). The van der Waals surface area contributed by atoms with Crippen molar-refractivity contribution in [3.63, 3.8) is 0 Å². The van der Waals surface area contributed by atoms with Gasteiger partial charge in [0.25, 0.3) is 0 Å². The van der Waals surface area contributed by atoms with Crippen LogP contribution in [0.4, 0.5) is 0 Å². The second-order valence-corrected chi connectivity index (χ2v) is 3.73. The van der Waals surface area contributed by atoms with Crippen molar-refractivity contribution in [1.82, 2.24) is 9.78 Å². The van der Waals surface area contributed by atoms with Gasteiger partial charge in [0, 0.05) is 7.05 Å². The molecule has 0 fully saturated rings. The number of ether oxygens (including phenoxy) is 1. The van der Waals surface area contributed by atoms with Gasteiger partial charge in [0.15, 0.2) is 0 Å². The maximum absolute atomic E-state index is 9.21. The predicted octanol–water partition coefficient (Wildman–Crippen LogP) is 0.949. The zero-order chi connectivity index (χ0) is 12.3. The lowest BCUT2D eigenvalue weighted by molar-refractivity contribution is 0.180. The molecule has 1 aromatic carbocycles. The molecule has 5 nitrogen and oxygen atoms in total. The molecule has 17 heavy (non-hydrogen) atoms. The normalized spacial score (nSPS) is 12.4. The fourth-order valence-corrected chi connectivity index (χ4v) is 1.48. The molecule has 0 aliphatic carbocycles. The summed E-state index contributed by atoms with van der Waals surface area (Å²) in [5.74, 6) is 0.795. The summed E-state index contributed by atoms with van der Waals surface area (Å²) in [5.41, 5.74) is 6.64. The third-order valence-corrected chi connectivity index (χ3v) is 2.43. The third-order valence-electron chi connectivity index (χ3n) is 2.43. The first-order valence-corrected chi connectivity index (χ1v) is 5.31. The number of rotatable bonds is 4. The molecule has 1 unspecified atom stereocenters. The molecule has 2 aromatic rings. The lowest BCUT2D eigenvalue weighted by Crippen LogP contribution is -2.09. The number of aromatic nitrogens is 2. The Labute approximate surface area is 99.4 Å². The fraction of sp³-hybridized carbons (Fsp3) is 0.250. The van der Waals surface area contributed by atoms with Crippen LogP contribution in [0, 0.1) is 0 Å². The Morgan fingerprint density at radius 3 is 2.71 bits per heavy atom. The first kappa shape index (κ1) is 11.6. The number of hydrogen-bond donors (Lipinski definition) is 2. The van der Waals surface area contributed by atoms with Crippen LogP contribution in [0.3, 0.4) is 0 Å². The number of nitrogens with two attached hydrogens (primary N) is 1. The van der Waals surface area contributed by atoms with Crippen LogP contribution in [0.2, 0.25) is 0 Å². The van der Waals surface area contributed by atoms with Crippen molar-refractivity contribution >= 4 is 0 Å². The molecule has 1 aromatic heterocycles. The van der Waals surface area contributed by atoms with Crippen LogP contribution in [0.1, 0.15) is 17.6 Å². The molecular weight excluding hydrogens is 218 g/mol. The van der Waals surface area contributed by atoms with Gasteiger partial charge in [-0.25, -0.2) is 0 Å². The summed E-state index contributed by atoms with van der Waals surface area (Å²) in [6.07, 6.45) is -1.05. The number of hydrogen-bond acceptors (Lipinski definition) is 4. The van der Waals surface area contributed by atoms with E-state index in [1.165, 1.54) is 0 Å². The van der Waals surface area contributed by atoms with E-state index in [1.807, 2.05) is 30.3 Å². The lowest BCUT2D eigenvalue weighted by Gasteiger charge is -2.05. The Kier molecular flexibility index (Phi) is 3.41. The van der Waals surface area contributed by atoms with Crippen molar-refractivity contribution in [2.45, 2.75) is 12.8 Å². The van der Waals surface area contributed by atoms with Crippen molar-refractivity contribution in [3.05, 3.63) is 47.8 Å². The second-order valence-electron chi connectivity index (χ2n) is 3.73. The summed E-state index contributed by atoms with van der Waals surface area (Å²) in [4.78, 5) is 0. The van der Waals surface area contributed by atoms with E-state index < -0.39 is 6.23 Å². The van der Waals surface area contributed by atoms with E-state index in [-0.39, 0.29) is 0 Å². The minimum absolute atomic E-state index is 0.389. The zero-order valence-corrected chi connectivity index (χ0v) is 9.58. The summed E-state index contributed by atoms with van der Waals surface area (Å²) in [6, 6.07) is 11.2. The van der Waals surface area contributed by atoms with E-state index >= 15 is 0 Å². The first-order chi connectivity index (χ1) is 8.16. The number of benzene rings is 1. The molecule has 3 N–H and O–H groups in total. The van der Waals surface area contributed by atoms with Crippen LogP contribution in [0.15, 0.2) is 36.4 Å². The highest BCUT2D eigenvalue weighted by molar-refractivity contribution is 5.21. The number of aliphatic hydroxyl groups excluding tert-OH is 1. The van der Waals surface area contributed by atoms with Crippen molar-refractivity contribution in [2.75, 3.05) is 0 Å². The maximum Gasteiger partial charge on any atom is 0.147 e. The molecule has 0 saturated heterocycles. The first-order valence-electron chi connectivity index (χ1n) is 5.31. The molecule has 90 valence electrons. The molecule has 0 spiro atoms. The SMILES string of the molecule is Cn1nc(C(N)O)cc1COc1ccccc1. The summed E-state index contributed by atoms with van der Waals surface area (Å²) in [5, 5.41) is 13.3. The van der Waals surface area contributed by atoms with E-state index in [1.54, 1.807) is 17.8 Å². The van der Waals surface area contributed by atoms with Gasteiger partial charge in [-0.1, -0.05) is 18.2 Å². The predicted molar refractivity (Wildman–Crippen MR) is 63.1 cm³/mol. The Hall–Kier alpha value is -1.85. The molecule has 0 aliphatic heterocycles. The minimum atomic E-state index is -1.05. The molecular formula is C12H15N3O2. The van der Waals surface area contributed by atoms with Crippen LogP contribution in [0.5, 0.6) is 5.75 Å². The Morgan fingerprint density at radius 2 is 2.12 bits per heavy atom. The monoisotopic (exact) mass is 233 g/mol. The highest BCUT2D eigenvalue weighted by Gasteiger charge is 2.09. The van der Waals surface area contributed by atoms with Crippen molar-refractivity contribution in [2.24, 2.45) is 12.8 Å². The van der Waals surface area contributed by atoms with Crippen molar-refractivity contribution in [3.8, 4) is 5.75 Å².